The van der Waals surface area contributed by atoms with E-state index in [2.05, 4.69) is 20.8 Å². The summed E-state index contributed by atoms with van der Waals surface area (Å²) in [7, 11) is -17.2. The molecule has 29 heavy (non-hydrogen) atoms. The lowest BCUT2D eigenvalue weighted by Gasteiger charge is -2.00. The van der Waals surface area contributed by atoms with E-state index in [1.165, 1.54) is 17.3 Å². The van der Waals surface area contributed by atoms with Crippen LogP contribution >= 0.6 is 0 Å². The highest BCUT2D eigenvalue weighted by Crippen LogP contribution is 2.22. The monoisotopic (exact) mass is 500 g/mol. The second-order valence-electron chi connectivity index (χ2n) is 3.81. The van der Waals surface area contributed by atoms with Crippen molar-refractivity contribution in [3.05, 3.63) is 0 Å². The largest absolute Gasteiger partial charge is 0.673 e. The Hall–Kier alpha value is -0.645. The maximum Gasteiger partial charge on any atom is 0.673 e. The molecule has 0 radical (unpaired) electrons. The van der Waals surface area contributed by atoms with Crippen LogP contribution in [0.2, 0.25) is 0 Å². The van der Waals surface area contributed by atoms with Crippen molar-refractivity contribution in [2.75, 3.05) is 17.3 Å². The predicted molar refractivity (Wildman–Crippen MR) is 81.6 cm³/mol. The third-order valence-corrected chi connectivity index (χ3v) is 3.92. The number of hydrogen-bond donors (Lipinski definition) is 0. The van der Waals surface area contributed by atoms with Gasteiger partial charge in [0, 0.05) is 0 Å². The van der Waals surface area contributed by atoms with Crippen LogP contribution in [-0.4, -0.2) is 51.6 Å². The lowest BCUT2D eigenvalue weighted by atomic mass is 10.3. The summed E-state index contributed by atoms with van der Waals surface area (Å²) in [5, 5.41) is 0. The van der Waals surface area contributed by atoms with Crippen molar-refractivity contribution >= 4 is 32.7 Å². The molecule has 0 heterocycles. The minimum Gasteiger partial charge on any atom is -0.418 e. The van der Waals surface area contributed by atoms with Crippen LogP contribution in [0.1, 0.15) is 20.8 Å². The molecule has 0 aliphatic rings. The van der Waals surface area contributed by atoms with E-state index in [4.69, 9.17) is 0 Å². The van der Waals surface area contributed by atoms with Crippen molar-refractivity contribution in [1.29, 1.82) is 0 Å². The fourth-order valence-electron chi connectivity index (χ4n) is 0.612. The van der Waals surface area contributed by atoms with Gasteiger partial charge in [0.2, 0.25) is 0 Å². The quantitative estimate of drug-likeness (QED) is 0.216. The zero-order chi connectivity index (χ0) is 25.3. The molecule has 0 amide bonds. The Kier molecular flexibility index (Phi) is 24.3. The van der Waals surface area contributed by atoms with Gasteiger partial charge in [0.1, 0.15) is 17.3 Å². The highest BCUT2D eigenvalue weighted by atomic mass is 32.2. The van der Waals surface area contributed by atoms with Gasteiger partial charge in [-0.25, -0.2) is 8.78 Å². The summed E-state index contributed by atoms with van der Waals surface area (Å²) in [6.07, 6.45) is -9.53. The zero-order valence-electron chi connectivity index (χ0n) is 14.8. The van der Waals surface area contributed by atoms with Gasteiger partial charge in [-0.2, -0.15) is 13.2 Å². The third-order valence-electron chi connectivity index (χ3n) is 1.47. The molecule has 21 heteroatoms. The van der Waals surface area contributed by atoms with Crippen molar-refractivity contribution in [2.45, 2.75) is 33.4 Å². The summed E-state index contributed by atoms with van der Waals surface area (Å²) in [6, 6.07) is 0. The van der Waals surface area contributed by atoms with Gasteiger partial charge in [-0.1, -0.05) is 0 Å². The molecular weight excluding hydrogens is 484 g/mol. The van der Waals surface area contributed by atoms with E-state index >= 15 is 0 Å². The van der Waals surface area contributed by atoms with Crippen LogP contribution in [0.15, 0.2) is 0 Å². The fraction of sp³-hybridized carbons (Fsp3) is 1.00. The molecule has 0 saturated heterocycles. The van der Waals surface area contributed by atoms with Gasteiger partial charge >= 0.3 is 34.4 Å². The maximum atomic E-state index is 10.4. The summed E-state index contributed by atoms with van der Waals surface area (Å²) in [5.41, 5.74) is 0. The van der Waals surface area contributed by atoms with Crippen LogP contribution in [-0.2, 0) is 10.9 Å². The molecule has 0 spiro atoms. The van der Waals surface area contributed by atoms with E-state index in [-0.39, 0.29) is 0 Å². The summed E-state index contributed by atoms with van der Waals surface area (Å²) in [4.78, 5) is 0. The lowest BCUT2D eigenvalue weighted by molar-refractivity contribution is -0.219. The van der Waals surface area contributed by atoms with Crippen molar-refractivity contribution < 1.29 is 73.7 Å². The molecule has 0 aromatic carbocycles. The van der Waals surface area contributed by atoms with E-state index in [0.29, 0.717) is 0 Å². The topological polar surface area (TPSA) is 0 Å². The smallest absolute Gasteiger partial charge is 0.418 e. The Balaban J connectivity index is -0.0000000836. The number of hydrogen-bond acceptors (Lipinski definition) is 0. The zero-order valence-corrected chi connectivity index (χ0v) is 15.6. The Morgan fingerprint density at radius 1 is 0.552 bits per heavy atom. The van der Waals surface area contributed by atoms with E-state index < -0.39 is 34.4 Å². The summed E-state index contributed by atoms with van der Waals surface area (Å²) in [5.74, 6) is 4.15. The first-order chi connectivity index (χ1) is 12.3. The number of rotatable bonds is 3. The molecule has 0 fully saturated rings. The SMILES string of the molecule is CC[S+](CC)CC.FC(F)C(F)(F)F.F[B-](F)(F)F.F[B-](F)(F)F.F[B-](F)(F)F. The normalized spacial score (nSPS) is 11.8. The van der Waals surface area contributed by atoms with Crippen molar-refractivity contribution in [1.82, 2.24) is 0 Å². The van der Waals surface area contributed by atoms with Crippen LogP contribution in [0, 0.1) is 0 Å². The van der Waals surface area contributed by atoms with Gasteiger partial charge in [0.25, 0.3) is 0 Å². The summed E-state index contributed by atoms with van der Waals surface area (Å²) >= 11 is 0. The van der Waals surface area contributed by atoms with Crippen molar-refractivity contribution in [2.24, 2.45) is 0 Å². The molecule has 0 nitrogen and oxygen atoms in total. The van der Waals surface area contributed by atoms with E-state index in [0.717, 1.165) is 10.9 Å². The van der Waals surface area contributed by atoms with Crippen LogP contribution < -0.4 is 0 Å². The standard InChI is InChI=1S/C6H15S.C2HF5.3BF4/c1-4-7(5-2)6-3;3-1(4)2(5,6)7;3*2-1(3,4)5/h4-6H2,1-3H3;1H;;;/q+1;;3*-1. The van der Waals surface area contributed by atoms with Crippen LogP contribution in [0.3, 0.4) is 0 Å². The molecular formula is C8H16B3F17S-2. The molecule has 0 aliphatic carbocycles. The average Bonchev–Trinajstić information content (AvgIpc) is 2.34. The van der Waals surface area contributed by atoms with Crippen LogP contribution in [0.25, 0.3) is 0 Å². The summed E-state index contributed by atoms with van der Waals surface area (Å²) in [6.45, 7) is 6.82. The summed E-state index contributed by atoms with van der Waals surface area (Å²) < 4.78 is 169. The minimum absolute atomic E-state index is 0.755. The second-order valence-corrected chi connectivity index (χ2v) is 6.76. The molecule has 0 N–H and O–H groups in total. The van der Waals surface area contributed by atoms with Gasteiger partial charge in [-0.15, -0.1) is 0 Å². The molecule has 0 unspecified atom stereocenters. The third kappa shape index (κ3) is 136. The molecule has 184 valence electrons. The Labute approximate surface area is 158 Å². The maximum absolute atomic E-state index is 10.4. The fourth-order valence-corrected chi connectivity index (χ4v) is 1.84. The van der Waals surface area contributed by atoms with E-state index in [1.807, 2.05) is 0 Å². The first kappa shape index (κ1) is 38.9. The van der Waals surface area contributed by atoms with Gasteiger partial charge in [-0.3, -0.25) is 0 Å². The van der Waals surface area contributed by atoms with Crippen LogP contribution in [0.4, 0.5) is 73.7 Å². The van der Waals surface area contributed by atoms with E-state index in [1.54, 1.807) is 0 Å². The van der Waals surface area contributed by atoms with Crippen LogP contribution in [0.5, 0.6) is 0 Å². The number of halogens is 17. The molecule has 0 bridgehead atoms. The molecule has 0 aromatic rings. The molecule has 0 aliphatic heterocycles. The predicted octanol–water partition coefficient (Wildman–Crippen LogP) is 7.38. The van der Waals surface area contributed by atoms with Crippen molar-refractivity contribution in [3.63, 3.8) is 0 Å². The van der Waals surface area contributed by atoms with E-state index in [9.17, 15) is 73.7 Å². The highest BCUT2D eigenvalue weighted by Gasteiger charge is 2.40. The molecule has 0 atom stereocenters. The molecule has 0 rings (SSSR count). The Morgan fingerprint density at radius 2 is 0.655 bits per heavy atom. The van der Waals surface area contributed by atoms with Crippen molar-refractivity contribution in [3.8, 4) is 0 Å². The number of alkyl halides is 5. The lowest BCUT2D eigenvalue weighted by Crippen LogP contribution is -2.18. The van der Waals surface area contributed by atoms with Gasteiger partial charge < -0.3 is 51.8 Å². The Morgan fingerprint density at radius 3 is 0.655 bits per heavy atom. The van der Waals surface area contributed by atoms with Gasteiger partial charge in [-0.05, 0) is 31.7 Å². The molecule has 0 saturated carbocycles. The average molecular weight is 500 g/mol. The highest BCUT2D eigenvalue weighted by molar-refractivity contribution is 7.96. The minimum atomic E-state index is -6.00. The second kappa shape index (κ2) is 18.1. The van der Waals surface area contributed by atoms with Gasteiger partial charge in [0.15, 0.2) is 0 Å². The van der Waals surface area contributed by atoms with Gasteiger partial charge in [0.05, 0.1) is 0 Å². The first-order valence-electron chi connectivity index (χ1n) is 6.90. The molecule has 0 aromatic heterocycles. The Bertz CT molecular complexity index is 279. The first-order valence-corrected chi connectivity index (χ1v) is 8.63.